The minimum Gasteiger partial charge on any atom is -0.493 e. The molecule has 34 heavy (non-hydrogen) atoms. The summed E-state index contributed by atoms with van der Waals surface area (Å²) in [4.78, 5) is 40.5. The number of aromatic nitrogens is 1. The number of nitrogens with one attached hydrogen (secondary N) is 3. The van der Waals surface area contributed by atoms with Crippen molar-refractivity contribution in [3.63, 3.8) is 0 Å². The van der Waals surface area contributed by atoms with Crippen LogP contribution in [0.3, 0.4) is 0 Å². The molecule has 1 aromatic carbocycles. The van der Waals surface area contributed by atoms with Gasteiger partial charge in [0, 0.05) is 18.1 Å². The van der Waals surface area contributed by atoms with E-state index in [0.29, 0.717) is 22.8 Å². The van der Waals surface area contributed by atoms with Crippen LogP contribution in [-0.2, 0) is 14.3 Å². The van der Waals surface area contributed by atoms with Crippen LogP contribution in [0.5, 0.6) is 11.5 Å². The first-order valence-electron chi connectivity index (χ1n) is 10.4. The van der Waals surface area contributed by atoms with Crippen molar-refractivity contribution in [1.82, 2.24) is 21.0 Å². The maximum atomic E-state index is 12.5. The van der Waals surface area contributed by atoms with E-state index in [1.807, 2.05) is 0 Å². The second-order valence-corrected chi connectivity index (χ2v) is 7.06. The Morgan fingerprint density at radius 3 is 2.68 bits per heavy atom. The van der Waals surface area contributed by atoms with Crippen LogP contribution in [0.2, 0.25) is 0 Å². The minimum atomic E-state index is -0.749. The Hall–Kier alpha value is -4.41. The Kier molecular flexibility index (Phi) is 8.16. The third-order valence-electron chi connectivity index (χ3n) is 4.75. The van der Waals surface area contributed by atoms with Gasteiger partial charge in [-0.15, -0.1) is 0 Å². The normalized spacial score (nSPS) is 15.4. The molecule has 0 fully saturated rings. The van der Waals surface area contributed by atoms with E-state index in [1.165, 1.54) is 13.3 Å². The van der Waals surface area contributed by atoms with Crippen LogP contribution in [0, 0.1) is 0 Å². The van der Waals surface area contributed by atoms with Crippen molar-refractivity contribution in [1.29, 1.82) is 0 Å². The number of urea groups is 1. The molecule has 0 radical (unpaired) electrons. The lowest BCUT2D eigenvalue weighted by Crippen LogP contribution is -2.45. The fourth-order valence-electron chi connectivity index (χ4n) is 3.21. The average molecular weight is 467 g/mol. The van der Waals surface area contributed by atoms with Gasteiger partial charge >= 0.3 is 12.0 Å². The molecule has 2 heterocycles. The first kappa shape index (κ1) is 24.2. The van der Waals surface area contributed by atoms with Crippen molar-refractivity contribution in [3.05, 3.63) is 65.1 Å². The van der Waals surface area contributed by atoms with E-state index in [9.17, 15) is 14.4 Å². The largest absolute Gasteiger partial charge is 0.493 e. The molecule has 0 aliphatic carbocycles. The van der Waals surface area contributed by atoms with Crippen LogP contribution in [0.25, 0.3) is 0 Å². The number of methoxy groups -OCH3 is 1. The Balaban J connectivity index is 1.70. The van der Waals surface area contributed by atoms with Gasteiger partial charge in [0.2, 0.25) is 0 Å². The van der Waals surface area contributed by atoms with E-state index in [1.54, 1.807) is 56.6 Å². The number of carbonyl (C=O) groups is 3. The fraction of sp³-hybridized carbons (Fsp3) is 0.261. The third-order valence-corrected chi connectivity index (χ3v) is 4.75. The summed E-state index contributed by atoms with van der Waals surface area (Å²) in [5.41, 5.74) is 4.41. The Morgan fingerprint density at radius 1 is 1.21 bits per heavy atom. The van der Waals surface area contributed by atoms with Crippen molar-refractivity contribution >= 4 is 24.1 Å². The summed E-state index contributed by atoms with van der Waals surface area (Å²) >= 11 is 0. The number of hydrogen-bond acceptors (Lipinski definition) is 8. The van der Waals surface area contributed by atoms with Crippen molar-refractivity contribution < 1.29 is 28.6 Å². The predicted octanol–water partition coefficient (Wildman–Crippen LogP) is 1.81. The Bertz CT molecular complexity index is 1120. The van der Waals surface area contributed by atoms with E-state index in [0.717, 1.165) is 5.56 Å². The summed E-state index contributed by atoms with van der Waals surface area (Å²) in [5, 5.41) is 9.17. The molecule has 3 rings (SSSR count). The summed E-state index contributed by atoms with van der Waals surface area (Å²) in [6.07, 6.45) is 4.72. The zero-order valence-corrected chi connectivity index (χ0v) is 19.0. The van der Waals surface area contributed by atoms with Crippen molar-refractivity contribution in [2.45, 2.75) is 19.9 Å². The first-order valence-corrected chi connectivity index (χ1v) is 10.4. The van der Waals surface area contributed by atoms with E-state index in [4.69, 9.17) is 14.2 Å². The highest BCUT2D eigenvalue weighted by molar-refractivity contribution is 5.95. The number of esters is 1. The van der Waals surface area contributed by atoms with Crippen LogP contribution in [0.4, 0.5) is 4.79 Å². The number of allylic oxidation sites excluding steroid dienone is 1. The monoisotopic (exact) mass is 467 g/mol. The number of nitrogens with zero attached hydrogens (tertiary/aromatic N) is 2. The predicted molar refractivity (Wildman–Crippen MR) is 122 cm³/mol. The number of hydrazone groups is 1. The van der Waals surface area contributed by atoms with Crippen molar-refractivity contribution in [2.75, 3.05) is 20.3 Å². The maximum Gasteiger partial charge on any atom is 0.338 e. The van der Waals surface area contributed by atoms with Gasteiger partial charge in [0.15, 0.2) is 18.1 Å². The molecule has 1 atom stereocenters. The second-order valence-electron chi connectivity index (χ2n) is 7.06. The minimum absolute atomic E-state index is 0.195. The summed E-state index contributed by atoms with van der Waals surface area (Å²) in [6.45, 7) is 3.22. The molecule has 0 saturated carbocycles. The van der Waals surface area contributed by atoms with Gasteiger partial charge in [-0.3, -0.25) is 9.78 Å². The molecule has 0 spiro atoms. The highest BCUT2D eigenvalue weighted by atomic mass is 16.5. The quantitative estimate of drug-likeness (QED) is 0.290. The van der Waals surface area contributed by atoms with E-state index >= 15 is 0 Å². The van der Waals surface area contributed by atoms with Gasteiger partial charge in [0.1, 0.15) is 0 Å². The molecule has 2 aromatic rings. The topological polar surface area (TPSA) is 140 Å². The van der Waals surface area contributed by atoms with Gasteiger partial charge in [-0.2, -0.15) is 5.10 Å². The Labute approximate surface area is 196 Å². The molecule has 0 saturated heterocycles. The highest BCUT2D eigenvalue weighted by Gasteiger charge is 2.32. The zero-order chi connectivity index (χ0) is 24.5. The highest BCUT2D eigenvalue weighted by Crippen LogP contribution is 2.34. The third kappa shape index (κ3) is 6.09. The molecular formula is C23H25N5O6. The van der Waals surface area contributed by atoms with Gasteiger partial charge in [-0.25, -0.2) is 15.0 Å². The molecule has 3 amide bonds. The molecule has 3 N–H and O–H groups in total. The van der Waals surface area contributed by atoms with Crippen molar-refractivity contribution in [2.24, 2.45) is 5.10 Å². The number of hydrogen-bond donors (Lipinski definition) is 3. The fourth-order valence-corrected chi connectivity index (χ4v) is 3.21. The Morgan fingerprint density at radius 2 is 1.97 bits per heavy atom. The van der Waals surface area contributed by atoms with Gasteiger partial charge in [-0.05, 0) is 49.2 Å². The van der Waals surface area contributed by atoms with E-state index < -0.39 is 23.9 Å². The summed E-state index contributed by atoms with van der Waals surface area (Å²) in [7, 11) is 1.44. The first-order chi connectivity index (χ1) is 16.4. The van der Waals surface area contributed by atoms with Crippen LogP contribution < -0.4 is 25.5 Å². The van der Waals surface area contributed by atoms with Crippen LogP contribution >= 0.6 is 0 Å². The summed E-state index contributed by atoms with van der Waals surface area (Å²) in [6, 6.07) is 7.17. The molecule has 178 valence electrons. The molecule has 1 aliphatic heterocycles. The van der Waals surface area contributed by atoms with E-state index in [2.05, 4.69) is 26.1 Å². The lowest BCUT2D eigenvalue weighted by atomic mass is 9.95. The lowest BCUT2D eigenvalue weighted by molar-refractivity contribution is -0.139. The number of ether oxygens (including phenoxy) is 3. The molecule has 11 heteroatoms. The second kappa shape index (κ2) is 11.5. The lowest BCUT2D eigenvalue weighted by Gasteiger charge is -2.28. The summed E-state index contributed by atoms with van der Waals surface area (Å²) < 4.78 is 16.1. The molecular weight excluding hydrogens is 442 g/mol. The zero-order valence-electron chi connectivity index (χ0n) is 19.0. The summed E-state index contributed by atoms with van der Waals surface area (Å²) in [5.74, 6) is -0.386. The number of pyridine rings is 1. The molecule has 0 bridgehead atoms. The smallest absolute Gasteiger partial charge is 0.338 e. The van der Waals surface area contributed by atoms with E-state index in [-0.39, 0.29) is 18.8 Å². The number of carbonyl (C=O) groups excluding carboxylic acids is 3. The molecule has 1 aromatic heterocycles. The molecule has 0 unspecified atom stereocenters. The van der Waals surface area contributed by atoms with Crippen LogP contribution in [-0.4, -0.2) is 49.4 Å². The SMILES string of the molecule is CCOC(=O)C1=C(C)NC(=O)N[C@H]1c1ccc(OCC(=O)N/N=C\c2ccncc2)c(OC)c1. The molecule has 1 aliphatic rings. The van der Waals surface area contributed by atoms with Gasteiger partial charge in [0.05, 0.1) is 31.5 Å². The number of amides is 3. The maximum absolute atomic E-state index is 12.5. The van der Waals surface area contributed by atoms with Crippen molar-refractivity contribution in [3.8, 4) is 11.5 Å². The van der Waals surface area contributed by atoms with Gasteiger partial charge in [0.25, 0.3) is 5.91 Å². The van der Waals surface area contributed by atoms with Crippen LogP contribution in [0.15, 0.2) is 59.1 Å². The molecule has 11 nitrogen and oxygen atoms in total. The van der Waals surface area contributed by atoms with Gasteiger partial charge in [-0.1, -0.05) is 6.07 Å². The number of rotatable bonds is 9. The van der Waals surface area contributed by atoms with Crippen LogP contribution in [0.1, 0.15) is 31.0 Å². The van der Waals surface area contributed by atoms with Gasteiger partial charge < -0.3 is 24.8 Å². The standard InChI is InChI=1S/C23H25N5O6/c1-4-33-22(30)20-14(2)26-23(31)27-21(20)16-5-6-17(18(11-16)32-3)34-13-19(29)28-25-12-15-7-9-24-10-8-15/h5-12,21H,4,13H2,1-3H3,(H,28,29)(H2,26,27,31)/b25-12-/t21-/m0/s1. The number of benzene rings is 1. The average Bonchev–Trinajstić information content (AvgIpc) is 2.83.